The first-order valence-corrected chi connectivity index (χ1v) is 6.32. The van der Waals surface area contributed by atoms with Gasteiger partial charge in [0.25, 0.3) is 0 Å². The van der Waals surface area contributed by atoms with Crippen LogP contribution in [-0.2, 0) is 0 Å². The zero-order valence-corrected chi connectivity index (χ0v) is 10.7. The molecule has 7 heteroatoms. The monoisotopic (exact) mass is 277 g/mol. The van der Waals surface area contributed by atoms with Gasteiger partial charge in [-0.2, -0.15) is 0 Å². The van der Waals surface area contributed by atoms with Gasteiger partial charge >= 0.3 is 0 Å². The molecule has 0 atom stereocenters. The third-order valence-electron chi connectivity index (χ3n) is 2.27. The second kappa shape index (κ2) is 4.47. The first-order valence-electron chi connectivity index (χ1n) is 5.13. The van der Waals surface area contributed by atoms with E-state index in [0.29, 0.717) is 15.9 Å². The molecule has 0 fully saturated rings. The Morgan fingerprint density at radius 1 is 1.22 bits per heavy atom. The average molecular weight is 278 g/mol. The van der Waals surface area contributed by atoms with E-state index < -0.39 is 0 Å². The maximum atomic E-state index is 5.86. The number of nitrogens with zero attached hydrogens (tertiary/aromatic N) is 4. The molecule has 0 aliphatic heterocycles. The second-order valence-corrected chi connectivity index (χ2v) is 4.95. The van der Waals surface area contributed by atoms with Gasteiger partial charge in [0.15, 0.2) is 5.65 Å². The molecule has 3 heterocycles. The van der Waals surface area contributed by atoms with Crippen molar-refractivity contribution in [2.45, 2.75) is 10.2 Å². The van der Waals surface area contributed by atoms with E-state index in [1.807, 2.05) is 28.8 Å². The number of nitrogen functional groups attached to an aromatic ring is 1. The molecule has 2 N–H and O–H groups in total. The fourth-order valence-electron chi connectivity index (χ4n) is 1.53. The highest BCUT2D eigenvalue weighted by Crippen LogP contribution is 2.27. The second-order valence-electron chi connectivity index (χ2n) is 3.57. The van der Waals surface area contributed by atoms with E-state index in [4.69, 9.17) is 17.3 Å². The van der Waals surface area contributed by atoms with Crippen molar-refractivity contribution >= 4 is 34.7 Å². The van der Waals surface area contributed by atoms with Gasteiger partial charge in [-0.25, -0.2) is 4.98 Å². The van der Waals surface area contributed by atoms with Crippen molar-refractivity contribution in [3.63, 3.8) is 0 Å². The Bertz CT molecular complexity index is 691. The lowest BCUT2D eigenvalue weighted by molar-refractivity contribution is 0.917. The fraction of sp³-hybridized carbons (Fsp3) is 0. The molecule has 0 aliphatic carbocycles. The van der Waals surface area contributed by atoms with Crippen molar-refractivity contribution in [1.82, 2.24) is 19.6 Å². The van der Waals surface area contributed by atoms with Gasteiger partial charge in [-0.05, 0) is 36.0 Å². The van der Waals surface area contributed by atoms with Crippen LogP contribution in [0.25, 0.3) is 5.65 Å². The zero-order valence-electron chi connectivity index (χ0n) is 9.12. The lowest BCUT2D eigenvalue weighted by Crippen LogP contribution is -1.91. The van der Waals surface area contributed by atoms with Crippen LogP contribution in [0.4, 0.5) is 5.69 Å². The van der Waals surface area contributed by atoms with Gasteiger partial charge in [-0.1, -0.05) is 17.7 Å². The third kappa shape index (κ3) is 2.12. The zero-order chi connectivity index (χ0) is 12.5. The number of anilines is 1. The van der Waals surface area contributed by atoms with Gasteiger partial charge in [-0.15, -0.1) is 10.2 Å². The van der Waals surface area contributed by atoms with Crippen LogP contribution in [0.3, 0.4) is 0 Å². The molecular weight excluding hydrogens is 270 g/mol. The van der Waals surface area contributed by atoms with E-state index in [0.717, 1.165) is 10.8 Å². The number of rotatable bonds is 2. The van der Waals surface area contributed by atoms with Crippen LogP contribution < -0.4 is 5.73 Å². The highest BCUT2D eigenvalue weighted by molar-refractivity contribution is 7.99. The number of hydrogen-bond acceptors (Lipinski definition) is 5. The molecule has 0 spiro atoms. The van der Waals surface area contributed by atoms with Crippen LogP contribution in [0, 0.1) is 0 Å². The standard InChI is InChI=1S/C11H8ClN5S/c12-8-5-7(13)6-10(14-8)18-11-16-15-9-3-1-2-4-17(9)11/h1-6H,(H2,13,14). The molecule has 90 valence electrons. The molecule has 3 rings (SSSR count). The maximum Gasteiger partial charge on any atom is 0.201 e. The molecule has 0 aromatic carbocycles. The van der Waals surface area contributed by atoms with Crippen molar-refractivity contribution in [2.24, 2.45) is 0 Å². The van der Waals surface area contributed by atoms with Gasteiger partial charge in [0.1, 0.15) is 10.2 Å². The Kier molecular flexibility index (Phi) is 2.81. The van der Waals surface area contributed by atoms with Crippen molar-refractivity contribution in [1.29, 1.82) is 0 Å². The molecule has 0 saturated heterocycles. The van der Waals surface area contributed by atoms with Crippen LogP contribution in [0.1, 0.15) is 0 Å². The van der Waals surface area contributed by atoms with Gasteiger partial charge in [-0.3, -0.25) is 4.40 Å². The Hall–Kier alpha value is -1.79. The summed E-state index contributed by atoms with van der Waals surface area (Å²) in [5, 5.41) is 9.94. The maximum absolute atomic E-state index is 5.86. The van der Waals surface area contributed by atoms with Crippen molar-refractivity contribution in [2.75, 3.05) is 5.73 Å². The van der Waals surface area contributed by atoms with Crippen LogP contribution in [0.2, 0.25) is 5.15 Å². The summed E-state index contributed by atoms with van der Waals surface area (Å²) in [6, 6.07) is 9.07. The smallest absolute Gasteiger partial charge is 0.201 e. The summed E-state index contributed by atoms with van der Waals surface area (Å²) >= 11 is 7.23. The van der Waals surface area contributed by atoms with Gasteiger partial charge < -0.3 is 5.73 Å². The highest BCUT2D eigenvalue weighted by atomic mass is 35.5. The molecule has 5 nitrogen and oxygen atoms in total. The van der Waals surface area contributed by atoms with E-state index in [1.54, 1.807) is 12.1 Å². The minimum Gasteiger partial charge on any atom is -0.399 e. The molecule has 0 saturated carbocycles. The van der Waals surface area contributed by atoms with Crippen molar-refractivity contribution < 1.29 is 0 Å². The SMILES string of the molecule is Nc1cc(Cl)nc(Sc2nnc3ccccn23)c1. The molecule has 0 radical (unpaired) electrons. The number of aromatic nitrogens is 4. The lowest BCUT2D eigenvalue weighted by Gasteiger charge is -2.01. The molecule has 0 unspecified atom stereocenters. The Morgan fingerprint density at radius 3 is 2.94 bits per heavy atom. The Balaban J connectivity index is 2.01. The lowest BCUT2D eigenvalue weighted by atomic mass is 10.4. The first kappa shape index (κ1) is 11.3. The summed E-state index contributed by atoms with van der Waals surface area (Å²) in [6.45, 7) is 0. The predicted octanol–water partition coefficient (Wildman–Crippen LogP) is 2.51. The Labute approximate surface area is 112 Å². The topological polar surface area (TPSA) is 69.1 Å². The van der Waals surface area contributed by atoms with E-state index >= 15 is 0 Å². The number of pyridine rings is 2. The van der Waals surface area contributed by atoms with Gasteiger partial charge in [0.2, 0.25) is 5.16 Å². The van der Waals surface area contributed by atoms with Crippen LogP contribution >= 0.6 is 23.4 Å². The van der Waals surface area contributed by atoms with Crippen LogP contribution in [-0.4, -0.2) is 19.6 Å². The number of fused-ring (bicyclic) bond motifs is 1. The van der Waals surface area contributed by atoms with E-state index in [-0.39, 0.29) is 0 Å². The molecule has 3 aromatic rings. The highest BCUT2D eigenvalue weighted by Gasteiger charge is 2.08. The van der Waals surface area contributed by atoms with Crippen molar-refractivity contribution in [3.8, 4) is 0 Å². The summed E-state index contributed by atoms with van der Waals surface area (Å²) in [4.78, 5) is 4.18. The molecule has 0 amide bonds. The number of nitrogens with two attached hydrogens (primary N) is 1. The Morgan fingerprint density at radius 2 is 2.11 bits per heavy atom. The normalized spacial score (nSPS) is 10.9. The van der Waals surface area contributed by atoms with Crippen LogP contribution in [0.5, 0.6) is 0 Å². The fourth-order valence-corrected chi connectivity index (χ4v) is 2.65. The van der Waals surface area contributed by atoms with Crippen molar-refractivity contribution in [3.05, 3.63) is 41.7 Å². The summed E-state index contributed by atoms with van der Waals surface area (Å²) in [7, 11) is 0. The quantitative estimate of drug-likeness (QED) is 0.729. The van der Waals surface area contributed by atoms with E-state index in [2.05, 4.69) is 15.2 Å². The summed E-state index contributed by atoms with van der Waals surface area (Å²) in [5.41, 5.74) is 7.08. The molecule has 0 bridgehead atoms. The van der Waals surface area contributed by atoms with E-state index in [9.17, 15) is 0 Å². The summed E-state index contributed by atoms with van der Waals surface area (Å²) in [5.74, 6) is 0. The molecular formula is C11H8ClN5S. The minimum absolute atomic E-state index is 0.367. The summed E-state index contributed by atoms with van der Waals surface area (Å²) in [6.07, 6.45) is 1.89. The largest absolute Gasteiger partial charge is 0.399 e. The summed E-state index contributed by atoms with van der Waals surface area (Å²) < 4.78 is 1.88. The third-order valence-corrected chi connectivity index (χ3v) is 3.34. The van der Waals surface area contributed by atoms with Crippen LogP contribution in [0.15, 0.2) is 46.7 Å². The molecule has 3 aromatic heterocycles. The number of halogens is 1. The molecule has 18 heavy (non-hydrogen) atoms. The number of hydrogen-bond donors (Lipinski definition) is 1. The average Bonchev–Trinajstić information content (AvgIpc) is 2.72. The van der Waals surface area contributed by atoms with E-state index in [1.165, 1.54) is 11.8 Å². The van der Waals surface area contributed by atoms with Gasteiger partial charge in [0, 0.05) is 11.9 Å². The predicted molar refractivity (Wildman–Crippen MR) is 70.8 cm³/mol. The van der Waals surface area contributed by atoms with Gasteiger partial charge in [0.05, 0.1) is 0 Å². The minimum atomic E-state index is 0.367. The molecule has 0 aliphatic rings. The first-order chi connectivity index (χ1) is 8.72.